The van der Waals surface area contributed by atoms with E-state index in [1.807, 2.05) is 13.0 Å². The molecule has 0 radical (unpaired) electrons. The second-order valence-corrected chi connectivity index (χ2v) is 5.75. The van der Waals surface area contributed by atoms with Crippen LogP contribution in [0.2, 0.25) is 0 Å². The molecule has 2 rings (SSSR count). The van der Waals surface area contributed by atoms with Gasteiger partial charge in [0.05, 0.1) is 17.6 Å². The highest BCUT2D eigenvalue weighted by molar-refractivity contribution is 5.76. The van der Waals surface area contributed by atoms with Crippen molar-refractivity contribution < 1.29 is 14.7 Å². The molecule has 1 aromatic carbocycles. The number of carboxylic acid groups (broad SMARTS) is 1. The standard InChI is InChI=1S/C16H19N3O3/c1-11-5-14(15(20)21)10-19(9-11)16(22)18-8-13-4-2-3-12(6-13)7-17/h2-4,6,11,14H,5,8-10H2,1H3,(H,18,22)(H,20,21). The number of carbonyl (C=O) groups is 2. The predicted molar refractivity (Wildman–Crippen MR) is 79.9 cm³/mol. The summed E-state index contributed by atoms with van der Waals surface area (Å²) in [5, 5.41) is 20.8. The van der Waals surface area contributed by atoms with Gasteiger partial charge in [0.25, 0.3) is 0 Å². The normalized spacial score (nSPS) is 21.0. The average Bonchev–Trinajstić information content (AvgIpc) is 2.52. The number of hydrogen-bond donors (Lipinski definition) is 2. The molecule has 2 unspecified atom stereocenters. The molecule has 6 heteroatoms. The first kappa shape index (κ1) is 15.8. The highest BCUT2D eigenvalue weighted by Crippen LogP contribution is 2.21. The Hall–Kier alpha value is -2.55. The Kier molecular flexibility index (Phi) is 4.99. The fourth-order valence-electron chi connectivity index (χ4n) is 2.74. The Balaban J connectivity index is 1.94. The second kappa shape index (κ2) is 6.94. The second-order valence-electron chi connectivity index (χ2n) is 5.75. The summed E-state index contributed by atoms with van der Waals surface area (Å²) in [6.45, 7) is 3.07. The van der Waals surface area contributed by atoms with Gasteiger partial charge < -0.3 is 15.3 Å². The molecule has 116 valence electrons. The van der Waals surface area contributed by atoms with Gasteiger partial charge in [-0.2, -0.15) is 5.26 Å². The van der Waals surface area contributed by atoms with Crippen LogP contribution in [0.15, 0.2) is 24.3 Å². The number of carboxylic acids is 1. The highest BCUT2D eigenvalue weighted by Gasteiger charge is 2.31. The highest BCUT2D eigenvalue weighted by atomic mass is 16.4. The Morgan fingerprint density at radius 2 is 2.23 bits per heavy atom. The summed E-state index contributed by atoms with van der Waals surface area (Å²) in [6, 6.07) is 8.82. The van der Waals surface area contributed by atoms with E-state index in [0.717, 1.165) is 5.56 Å². The lowest BCUT2D eigenvalue weighted by Gasteiger charge is -2.34. The summed E-state index contributed by atoms with van der Waals surface area (Å²) in [4.78, 5) is 24.9. The number of piperidine rings is 1. The minimum absolute atomic E-state index is 0.169. The van der Waals surface area contributed by atoms with Crippen LogP contribution in [0.4, 0.5) is 4.79 Å². The molecule has 6 nitrogen and oxygen atoms in total. The molecule has 0 spiro atoms. The number of nitrogens with zero attached hydrogens (tertiary/aromatic N) is 2. The van der Waals surface area contributed by atoms with Gasteiger partial charge in [-0.25, -0.2) is 4.79 Å². The number of nitriles is 1. The summed E-state index contributed by atoms with van der Waals surface area (Å²) in [7, 11) is 0. The van der Waals surface area contributed by atoms with E-state index in [2.05, 4.69) is 11.4 Å². The number of carbonyl (C=O) groups excluding carboxylic acids is 1. The molecule has 2 amide bonds. The molecule has 2 N–H and O–H groups in total. The molecule has 0 bridgehead atoms. The number of urea groups is 1. The fourth-order valence-corrected chi connectivity index (χ4v) is 2.74. The molecule has 22 heavy (non-hydrogen) atoms. The summed E-state index contributed by atoms with van der Waals surface area (Å²) in [5.41, 5.74) is 1.39. The Morgan fingerprint density at radius 1 is 1.45 bits per heavy atom. The number of amides is 2. The third-order valence-electron chi connectivity index (χ3n) is 3.80. The smallest absolute Gasteiger partial charge is 0.317 e. The quantitative estimate of drug-likeness (QED) is 0.890. The molecular formula is C16H19N3O3. The van der Waals surface area contributed by atoms with Crippen LogP contribution >= 0.6 is 0 Å². The van der Waals surface area contributed by atoms with Crippen LogP contribution in [0, 0.1) is 23.2 Å². The van der Waals surface area contributed by atoms with Crippen molar-refractivity contribution in [3.63, 3.8) is 0 Å². The van der Waals surface area contributed by atoms with Crippen molar-refractivity contribution in [3.05, 3.63) is 35.4 Å². The van der Waals surface area contributed by atoms with Crippen molar-refractivity contribution in [2.45, 2.75) is 19.9 Å². The largest absolute Gasteiger partial charge is 0.481 e. The van der Waals surface area contributed by atoms with Crippen molar-refractivity contribution in [2.75, 3.05) is 13.1 Å². The monoisotopic (exact) mass is 301 g/mol. The van der Waals surface area contributed by atoms with E-state index in [4.69, 9.17) is 10.4 Å². The minimum atomic E-state index is -0.855. The molecule has 0 aromatic heterocycles. The topological polar surface area (TPSA) is 93.4 Å². The van der Waals surface area contributed by atoms with E-state index in [9.17, 15) is 9.59 Å². The van der Waals surface area contributed by atoms with Crippen molar-refractivity contribution in [2.24, 2.45) is 11.8 Å². The van der Waals surface area contributed by atoms with Crippen LogP contribution < -0.4 is 5.32 Å². The van der Waals surface area contributed by atoms with Gasteiger partial charge in [-0.3, -0.25) is 4.79 Å². The first-order chi connectivity index (χ1) is 10.5. The number of likely N-dealkylation sites (tertiary alicyclic amines) is 1. The summed E-state index contributed by atoms with van der Waals surface area (Å²) in [5.74, 6) is -1.19. The van der Waals surface area contributed by atoms with E-state index < -0.39 is 11.9 Å². The zero-order valence-corrected chi connectivity index (χ0v) is 12.5. The van der Waals surface area contributed by atoms with Gasteiger partial charge in [0.2, 0.25) is 0 Å². The Bertz CT molecular complexity index is 609. The van der Waals surface area contributed by atoms with Crippen LogP contribution in [0.25, 0.3) is 0 Å². The van der Waals surface area contributed by atoms with Crippen LogP contribution in [-0.2, 0) is 11.3 Å². The number of hydrogen-bond acceptors (Lipinski definition) is 3. The number of rotatable bonds is 3. The lowest BCUT2D eigenvalue weighted by molar-refractivity contribution is -0.143. The van der Waals surface area contributed by atoms with Gasteiger partial charge in [0, 0.05) is 19.6 Å². The van der Waals surface area contributed by atoms with Crippen LogP contribution in [0.5, 0.6) is 0 Å². The van der Waals surface area contributed by atoms with Gasteiger partial charge >= 0.3 is 12.0 Å². The molecule has 2 atom stereocenters. The van der Waals surface area contributed by atoms with Gasteiger partial charge in [-0.15, -0.1) is 0 Å². The Labute approximate surface area is 129 Å². The third-order valence-corrected chi connectivity index (χ3v) is 3.80. The zero-order chi connectivity index (χ0) is 16.1. The maximum Gasteiger partial charge on any atom is 0.317 e. The van der Waals surface area contributed by atoms with Crippen molar-refractivity contribution in [3.8, 4) is 6.07 Å². The first-order valence-corrected chi connectivity index (χ1v) is 7.24. The van der Waals surface area contributed by atoms with Crippen LogP contribution in [0.3, 0.4) is 0 Å². The maximum atomic E-state index is 12.2. The van der Waals surface area contributed by atoms with Gasteiger partial charge in [-0.1, -0.05) is 19.1 Å². The number of aliphatic carboxylic acids is 1. The fraction of sp³-hybridized carbons (Fsp3) is 0.438. The van der Waals surface area contributed by atoms with Gasteiger partial charge in [-0.05, 0) is 30.0 Å². The molecule has 0 aliphatic carbocycles. The van der Waals surface area contributed by atoms with Crippen molar-refractivity contribution in [1.82, 2.24) is 10.2 Å². The summed E-state index contributed by atoms with van der Waals surface area (Å²) in [6.07, 6.45) is 0.601. The first-order valence-electron chi connectivity index (χ1n) is 7.24. The van der Waals surface area contributed by atoms with E-state index in [1.54, 1.807) is 23.1 Å². The number of benzene rings is 1. The van der Waals surface area contributed by atoms with E-state index in [0.29, 0.717) is 25.1 Å². The van der Waals surface area contributed by atoms with Crippen LogP contribution in [-0.4, -0.2) is 35.1 Å². The lowest BCUT2D eigenvalue weighted by atomic mass is 9.91. The molecule has 1 aliphatic rings. The van der Waals surface area contributed by atoms with Crippen molar-refractivity contribution >= 4 is 12.0 Å². The van der Waals surface area contributed by atoms with E-state index in [-0.39, 0.29) is 18.5 Å². The Morgan fingerprint density at radius 3 is 2.91 bits per heavy atom. The van der Waals surface area contributed by atoms with Crippen molar-refractivity contribution in [1.29, 1.82) is 5.26 Å². The van der Waals surface area contributed by atoms with Gasteiger partial charge in [0.1, 0.15) is 0 Å². The molecular weight excluding hydrogens is 282 g/mol. The molecule has 1 heterocycles. The zero-order valence-electron chi connectivity index (χ0n) is 12.5. The average molecular weight is 301 g/mol. The molecule has 0 saturated carbocycles. The SMILES string of the molecule is CC1CC(C(=O)O)CN(C(=O)NCc2cccc(C#N)c2)C1. The maximum absolute atomic E-state index is 12.2. The van der Waals surface area contributed by atoms with E-state index >= 15 is 0 Å². The number of nitrogens with one attached hydrogen (secondary N) is 1. The van der Waals surface area contributed by atoms with E-state index in [1.165, 1.54) is 0 Å². The minimum Gasteiger partial charge on any atom is -0.481 e. The van der Waals surface area contributed by atoms with Gasteiger partial charge in [0.15, 0.2) is 0 Å². The lowest BCUT2D eigenvalue weighted by Crippen LogP contribution is -2.49. The third kappa shape index (κ3) is 3.98. The molecule has 1 aromatic rings. The van der Waals surface area contributed by atoms with Crippen LogP contribution in [0.1, 0.15) is 24.5 Å². The summed E-state index contributed by atoms with van der Waals surface area (Å²) >= 11 is 0. The summed E-state index contributed by atoms with van der Waals surface area (Å²) < 4.78 is 0. The predicted octanol–water partition coefficient (Wildman–Crippen LogP) is 1.81. The molecule has 1 saturated heterocycles. The molecule has 1 fully saturated rings. The molecule has 1 aliphatic heterocycles.